The number of rotatable bonds is 4. The Morgan fingerprint density at radius 2 is 2.29 bits per heavy atom. The Kier molecular flexibility index (Phi) is 4.14. The first-order chi connectivity index (χ1) is 7.97. The van der Waals surface area contributed by atoms with E-state index in [2.05, 4.69) is 4.98 Å². The molecule has 0 amide bonds. The lowest BCUT2D eigenvalue weighted by Crippen LogP contribution is -2.14. The molecule has 6 heteroatoms. The molecule has 1 unspecified atom stereocenters. The Morgan fingerprint density at radius 1 is 1.65 bits per heavy atom. The van der Waals surface area contributed by atoms with Crippen molar-refractivity contribution in [2.24, 2.45) is 0 Å². The van der Waals surface area contributed by atoms with Crippen LogP contribution in [0.1, 0.15) is 31.0 Å². The highest BCUT2D eigenvalue weighted by molar-refractivity contribution is 5.77. The molecule has 0 bridgehead atoms. The van der Waals surface area contributed by atoms with Crippen molar-refractivity contribution in [3.8, 4) is 0 Å². The zero-order valence-corrected chi connectivity index (χ0v) is 9.97. The van der Waals surface area contributed by atoms with E-state index in [4.69, 9.17) is 4.74 Å². The lowest BCUT2D eigenvalue weighted by atomic mass is 10.1. The number of pyridine rings is 1. The molecular formula is C11H14N2O4. The standard InChI is InChI=1S/C11H14N2O4/c1-4-17-11(14)8(3)9-5-7(2)10(6-12-9)13(15)16/h5-6,8H,4H2,1-3H3. The molecule has 1 heterocycles. The molecule has 0 aliphatic rings. The summed E-state index contributed by atoms with van der Waals surface area (Å²) in [6.45, 7) is 5.29. The number of esters is 1. The summed E-state index contributed by atoms with van der Waals surface area (Å²) in [5.74, 6) is -0.900. The molecule has 17 heavy (non-hydrogen) atoms. The van der Waals surface area contributed by atoms with Gasteiger partial charge in [-0.25, -0.2) is 0 Å². The Bertz CT molecular complexity index is 445. The first kappa shape index (κ1) is 13.1. The Labute approximate surface area is 98.8 Å². The monoisotopic (exact) mass is 238 g/mol. The molecule has 0 aliphatic heterocycles. The van der Waals surface area contributed by atoms with E-state index in [1.54, 1.807) is 26.8 Å². The molecule has 0 aliphatic carbocycles. The summed E-state index contributed by atoms with van der Waals surface area (Å²) in [6.07, 6.45) is 1.17. The van der Waals surface area contributed by atoms with Crippen molar-refractivity contribution in [1.82, 2.24) is 4.98 Å². The van der Waals surface area contributed by atoms with Crippen LogP contribution in [-0.4, -0.2) is 22.5 Å². The lowest BCUT2D eigenvalue weighted by molar-refractivity contribution is -0.385. The smallest absolute Gasteiger partial charge is 0.314 e. The van der Waals surface area contributed by atoms with E-state index < -0.39 is 10.8 Å². The first-order valence-corrected chi connectivity index (χ1v) is 5.25. The first-order valence-electron chi connectivity index (χ1n) is 5.25. The van der Waals surface area contributed by atoms with Crippen LogP contribution in [0.3, 0.4) is 0 Å². The van der Waals surface area contributed by atoms with E-state index >= 15 is 0 Å². The van der Waals surface area contributed by atoms with Gasteiger partial charge in [-0.1, -0.05) is 0 Å². The van der Waals surface area contributed by atoms with Crippen LogP contribution in [0.15, 0.2) is 12.3 Å². The zero-order valence-electron chi connectivity index (χ0n) is 9.97. The molecule has 0 aromatic carbocycles. The number of carbonyl (C=O) groups excluding carboxylic acids is 1. The van der Waals surface area contributed by atoms with Crippen LogP contribution in [0, 0.1) is 17.0 Å². The van der Waals surface area contributed by atoms with Gasteiger partial charge in [0.25, 0.3) is 5.69 Å². The van der Waals surface area contributed by atoms with Crippen LogP contribution >= 0.6 is 0 Å². The van der Waals surface area contributed by atoms with Crippen LogP contribution in [0.4, 0.5) is 5.69 Å². The molecule has 1 atom stereocenters. The van der Waals surface area contributed by atoms with E-state index in [1.165, 1.54) is 6.20 Å². The van der Waals surface area contributed by atoms with Crippen molar-refractivity contribution in [2.45, 2.75) is 26.7 Å². The number of hydrogen-bond donors (Lipinski definition) is 0. The van der Waals surface area contributed by atoms with Gasteiger partial charge in [-0.05, 0) is 26.8 Å². The molecule has 92 valence electrons. The topological polar surface area (TPSA) is 82.3 Å². The van der Waals surface area contributed by atoms with Gasteiger partial charge in [0, 0.05) is 5.56 Å². The second kappa shape index (κ2) is 5.38. The molecule has 1 rings (SSSR count). The van der Waals surface area contributed by atoms with Crippen molar-refractivity contribution in [2.75, 3.05) is 6.61 Å². The normalized spacial score (nSPS) is 11.9. The summed E-state index contributed by atoms with van der Waals surface area (Å²) >= 11 is 0. The van der Waals surface area contributed by atoms with Gasteiger partial charge >= 0.3 is 5.97 Å². The lowest BCUT2D eigenvalue weighted by Gasteiger charge is -2.10. The van der Waals surface area contributed by atoms with Crippen LogP contribution in [0.25, 0.3) is 0 Å². The van der Waals surface area contributed by atoms with Gasteiger partial charge in [0.15, 0.2) is 0 Å². The summed E-state index contributed by atoms with van der Waals surface area (Å²) in [5.41, 5.74) is 0.910. The minimum atomic E-state index is -0.519. The van der Waals surface area contributed by atoms with Crippen molar-refractivity contribution in [3.63, 3.8) is 0 Å². The average Bonchev–Trinajstić information content (AvgIpc) is 2.27. The summed E-state index contributed by atoms with van der Waals surface area (Å²) in [5, 5.41) is 10.6. The fourth-order valence-electron chi connectivity index (χ4n) is 1.39. The number of nitrogens with zero attached hydrogens (tertiary/aromatic N) is 2. The number of hydrogen-bond acceptors (Lipinski definition) is 5. The van der Waals surface area contributed by atoms with Gasteiger partial charge in [0.05, 0.1) is 23.1 Å². The van der Waals surface area contributed by atoms with Gasteiger partial charge in [0.2, 0.25) is 0 Å². The van der Waals surface area contributed by atoms with Crippen LogP contribution < -0.4 is 0 Å². The van der Waals surface area contributed by atoms with Crippen molar-refractivity contribution < 1.29 is 14.5 Å². The van der Waals surface area contributed by atoms with Crippen LogP contribution in [-0.2, 0) is 9.53 Å². The second-order valence-corrected chi connectivity index (χ2v) is 3.63. The van der Waals surface area contributed by atoms with E-state index in [-0.39, 0.29) is 11.7 Å². The fraction of sp³-hybridized carbons (Fsp3) is 0.455. The summed E-state index contributed by atoms with van der Waals surface area (Å²) < 4.78 is 4.86. The van der Waals surface area contributed by atoms with Crippen molar-refractivity contribution in [1.29, 1.82) is 0 Å². The summed E-state index contributed by atoms with van der Waals surface area (Å²) in [7, 11) is 0. The molecule has 0 fully saturated rings. The highest BCUT2D eigenvalue weighted by Crippen LogP contribution is 2.21. The predicted molar refractivity (Wildman–Crippen MR) is 60.7 cm³/mol. The highest BCUT2D eigenvalue weighted by Gasteiger charge is 2.20. The van der Waals surface area contributed by atoms with Gasteiger partial charge < -0.3 is 4.74 Å². The largest absolute Gasteiger partial charge is 0.465 e. The van der Waals surface area contributed by atoms with Crippen molar-refractivity contribution in [3.05, 3.63) is 33.6 Å². The minimum absolute atomic E-state index is 0.0511. The SMILES string of the molecule is CCOC(=O)C(C)c1cc(C)c([N+](=O)[O-])cn1. The van der Waals surface area contributed by atoms with Crippen molar-refractivity contribution >= 4 is 11.7 Å². The predicted octanol–water partition coefficient (Wildman–Crippen LogP) is 1.96. The second-order valence-electron chi connectivity index (χ2n) is 3.63. The third-order valence-corrected chi connectivity index (χ3v) is 2.38. The van der Waals surface area contributed by atoms with Crippen LogP contribution in [0.2, 0.25) is 0 Å². The maximum atomic E-state index is 11.5. The molecule has 0 spiro atoms. The molecule has 1 aromatic rings. The number of ether oxygens (including phenoxy) is 1. The average molecular weight is 238 g/mol. The number of aromatic nitrogens is 1. The molecule has 0 radical (unpaired) electrons. The van der Waals surface area contributed by atoms with E-state index in [0.717, 1.165) is 0 Å². The van der Waals surface area contributed by atoms with E-state index in [0.29, 0.717) is 17.9 Å². The summed E-state index contributed by atoms with van der Waals surface area (Å²) in [6, 6.07) is 1.54. The van der Waals surface area contributed by atoms with Gasteiger partial charge in [-0.15, -0.1) is 0 Å². The van der Waals surface area contributed by atoms with Crippen LogP contribution in [0.5, 0.6) is 0 Å². The number of carbonyl (C=O) groups is 1. The fourth-order valence-corrected chi connectivity index (χ4v) is 1.39. The van der Waals surface area contributed by atoms with Gasteiger partial charge in [-0.3, -0.25) is 19.9 Å². The molecule has 6 nitrogen and oxygen atoms in total. The quantitative estimate of drug-likeness (QED) is 0.455. The third-order valence-electron chi connectivity index (χ3n) is 2.38. The van der Waals surface area contributed by atoms with Gasteiger partial charge in [-0.2, -0.15) is 0 Å². The zero-order chi connectivity index (χ0) is 13.0. The summed E-state index contributed by atoms with van der Waals surface area (Å²) in [4.78, 5) is 25.5. The molecule has 0 saturated carbocycles. The molecule has 1 aromatic heterocycles. The molecule has 0 saturated heterocycles. The molecular weight excluding hydrogens is 224 g/mol. The number of aryl methyl sites for hydroxylation is 1. The minimum Gasteiger partial charge on any atom is -0.465 e. The third kappa shape index (κ3) is 2.99. The Morgan fingerprint density at radius 3 is 2.76 bits per heavy atom. The number of nitro groups is 1. The van der Waals surface area contributed by atoms with Gasteiger partial charge in [0.1, 0.15) is 6.20 Å². The maximum absolute atomic E-state index is 11.5. The Hall–Kier alpha value is -1.98. The maximum Gasteiger partial charge on any atom is 0.314 e. The Balaban J connectivity index is 2.97. The van der Waals surface area contributed by atoms with E-state index in [9.17, 15) is 14.9 Å². The molecule has 0 N–H and O–H groups in total. The van der Waals surface area contributed by atoms with E-state index in [1.807, 2.05) is 0 Å². The highest BCUT2D eigenvalue weighted by atomic mass is 16.6.